The predicted molar refractivity (Wildman–Crippen MR) is 97.7 cm³/mol. The lowest BCUT2D eigenvalue weighted by molar-refractivity contribution is -0.126. The molecule has 6 nitrogen and oxygen atoms in total. The standard InChI is InChI=1S/C20H22FN3O3/c1-27-18-12-14(6-9-22-18)13-23-19(25)15-7-10-24(11-8-15)20(26)16-2-4-17(21)5-3-16/h2-6,9,12,15H,7-8,10-11,13H2,1H3,(H,23,25). The average Bonchev–Trinajstić information content (AvgIpc) is 2.72. The van der Waals surface area contributed by atoms with Gasteiger partial charge < -0.3 is 15.0 Å². The van der Waals surface area contributed by atoms with Crippen LogP contribution in [0.1, 0.15) is 28.8 Å². The molecule has 27 heavy (non-hydrogen) atoms. The van der Waals surface area contributed by atoms with Crippen LogP contribution >= 0.6 is 0 Å². The van der Waals surface area contributed by atoms with Crippen LogP contribution in [0.3, 0.4) is 0 Å². The summed E-state index contributed by atoms with van der Waals surface area (Å²) in [5.41, 5.74) is 1.38. The zero-order valence-electron chi connectivity index (χ0n) is 15.2. The van der Waals surface area contributed by atoms with Crippen LogP contribution in [0, 0.1) is 11.7 Å². The largest absolute Gasteiger partial charge is 0.481 e. The van der Waals surface area contributed by atoms with Gasteiger partial charge in [0.25, 0.3) is 5.91 Å². The number of piperidine rings is 1. The molecule has 0 unspecified atom stereocenters. The molecule has 1 aromatic carbocycles. The Kier molecular flexibility index (Phi) is 6.01. The molecule has 142 valence electrons. The number of halogens is 1. The fourth-order valence-corrected chi connectivity index (χ4v) is 3.13. The second kappa shape index (κ2) is 8.62. The number of likely N-dealkylation sites (tertiary alicyclic amines) is 1. The maximum atomic E-state index is 13.0. The van der Waals surface area contributed by atoms with Gasteiger partial charge in [0.1, 0.15) is 5.82 Å². The molecule has 1 saturated heterocycles. The Balaban J connectivity index is 1.48. The minimum absolute atomic E-state index is 0.0142. The molecule has 2 heterocycles. The van der Waals surface area contributed by atoms with Gasteiger partial charge in [0.15, 0.2) is 0 Å². The third kappa shape index (κ3) is 4.81. The van der Waals surface area contributed by atoms with Crippen molar-refractivity contribution in [2.24, 2.45) is 5.92 Å². The van der Waals surface area contributed by atoms with Gasteiger partial charge in [-0.3, -0.25) is 9.59 Å². The van der Waals surface area contributed by atoms with Gasteiger partial charge in [-0.15, -0.1) is 0 Å². The number of benzene rings is 1. The number of nitrogens with one attached hydrogen (secondary N) is 1. The van der Waals surface area contributed by atoms with E-state index in [4.69, 9.17) is 4.74 Å². The highest BCUT2D eigenvalue weighted by molar-refractivity contribution is 5.94. The van der Waals surface area contributed by atoms with Crippen LogP contribution in [-0.2, 0) is 11.3 Å². The van der Waals surface area contributed by atoms with Gasteiger partial charge in [-0.1, -0.05) is 0 Å². The van der Waals surface area contributed by atoms with Crippen molar-refractivity contribution >= 4 is 11.8 Å². The molecule has 3 rings (SSSR count). The number of rotatable bonds is 5. The predicted octanol–water partition coefficient (Wildman–Crippen LogP) is 2.40. The Labute approximate surface area is 157 Å². The number of hydrogen-bond donors (Lipinski definition) is 1. The molecule has 7 heteroatoms. The molecule has 2 amide bonds. The molecule has 1 fully saturated rings. The quantitative estimate of drug-likeness (QED) is 0.876. The third-order valence-electron chi connectivity index (χ3n) is 4.72. The number of hydrogen-bond acceptors (Lipinski definition) is 4. The summed E-state index contributed by atoms with van der Waals surface area (Å²) in [6.07, 6.45) is 2.86. The summed E-state index contributed by atoms with van der Waals surface area (Å²) in [5, 5.41) is 2.93. The van der Waals surface area contributed by atoms with Crippen molar-refractivity contribution in [2.75, 3.05) is 20.2 Å². The van der Waals surface area contributed by atoms with E-state index in [0.717, 1.165) is 5.56 Å². The van der Waals surface area contributed by atoms with Crippen molar-refractivity contribution in [3.05, 3.63) is 59.5 Å². The van der Waals surface area contributed by atoms with Gasteiger partial charge in [-0.25, -0.2) is 9.37 Å². The topological polar surface area (TPSA) is 71.5 Å². The van der Waals surface area contributed by atoms with Crippen LogP contribution in [0.25, 0.3) is 0 Å². The molecule has 0 aliphatic carbocycles. The second-order valence-corrected chi connectivity index (χ2v) is 6.50. The van der Waals surface area contributed by atoms with E-state index in [1.54, 1.807) is 24.3 Å². The molecule has 0 spiro atoms. The van der Waals surface area contributed by atoms with E-state index in [-0.39, 0.29) is 23.5 Å². The van der Waals surface area contributed by atoms with E-state index in [9.17, 15) is 14.0 Å². The highest BCUT2D eigenvalue weighted by atomic mass is 19.1. The molecule has 2 aromatic rings. The summed E-state index contributed by atoms with van der Waals surface area (Å²) in [7, 11) is 1.55. The van der Waals surface area contributed by atoms with E-state index in [2.05, 4.69) is 10.3 Å². The lowest BCUT2D eigenvalue weighted by Gasteiger charge is -2.31. The summed E-state index contributed by atoms with van der Waals surface area (Å²) in [5.74, 6) is -0.119. The summed E-state index contributed by atoms with van der Waals surface area (Å²) in [6.45, 7) is 1.43. The number of ether oxygens (including phenoxy) is 1. The minimum Gasteiger partial charge on any atom is -0.481 e. The normalized spacial score (nSPS) is 14.7. The lowest BCUT2D eigenvalue weighted by atomic mass is 9.95. The molecule has 1 N–H and O–H groups in total. The van der Waals surface area contributed by atoms with Crippen molar-refractivity contribution in [3.8, 4) is 5.88 Å². The molecular formula is C20H22FN3O3. The first-order valence-electron chi connectivity index (χ1n) is 8.88. The minimum atomic E-state index is -0.367. The van der Waals surface area contributed by atoms with E-state index in [1.165, 1.54) is 24.3 Å². The summed E-state index contributed by atoms with van der Waals surface area (Å²) in [6, 6.07) is 9.14. The SMILES string of the molecule is COc1cc(CNC(=O)C2CCN(C(=O)c3ccc(F)cc3)CC2)ccn1. The van der Waals surface area contributed by atoms with E-state index >= 15 is 0 Å². The van der Waals surface area contributed by atoms with Crippen LogP contribution in [-0.4, -0.2) is 41.9 Å². The third-order valence-corrected chi connectivity index (χ3v) is 4.72. The Morgan fingerprint density at radius 1 is 1.22 bits per heavy atom. The molecule has 0 radical (unpaired) electrons. The van der Waals surface area contributed by atoms with Crippen molar-refractivity contribution in [3.63, 3.8) is 0 Å². The highest BCUT2D eigenvalue weighted by Crippen LogP contribution is 2.20. The van der Waals surface area contributed by atoms with Crippen LogP contribution in [0.15, 0.2) is 42.6 Å². The number of methoxy groups -OCH3 is 1. The average molecular weight is 371 g/mol. The maximum absolute atomic E-state index is 13.0. The van der Waals surface area contributed by atoms with Gasteiger partial charge >= 0.3 is 0 Å². The number of pyridine rings is 1. The Morgan fingerprint density at radius 3 is 2.59 bits per heavy atom. The first kappa shape index (κ1) is 18.8. The van der Waals surface area contributed by atoms with Gasteiger partial charge in [0.05, 0.1) is 7.11 Å². The van der Waals surface area contributed by atoms with Crippen LogP contribution in [0.4, 0.5) is 4.39 Å². The molecule has 0 saturated carbocycles. The Hall–Kier alpha value is -2.96. The van der Waals surface area contributed by atoms with Crippen LogP contribution in [0.2, 0.25) is 0 Å². The zero-order valence-corrected chi connectivity index (χ0v) is 15.2. The fourth-order valence-electron chi connectivity index (χ4n) is 3.13. The summed E-state index contributed by atoms with van der Waals surface area (Å²) < 4.78 is 18.1. The van der Waals surface area contributed by atoms with E-state index in [0.29, 0.717) is 43.9 Å². The maximum Gasteiger partial charge on any atom is 0.253 e. The molecular weight excluding hydrogens is 349 g/mol. The van der Waals surface area contributed by atoms with Crippen LogP contribution in [0.5, 0.6) is 5.88 Å². The van der Waals surface area contributed by atoms with Gasteiger partial charge in [0.2, 0.25) is 11.8 Å². The Morgan fingerprint density at radius 2 is 1.93 bits per heavy atom. The second-order valence-electron chi connectivity index (χ2n) is 6.50. The number of carbonyl (C=O) groups is 2. The van der Waals surface area contributed by atoms with E-state index < -0.39 is 0 Å². The first-order chi connectivity index (χ1) is 13.1. The van der Waals surface area contributed by atoms with Crippen molar-refractivity contribution in [1.82, 2.24) is 15.2 Å². The summed E-state index contributed by atoms with van der Waals surface area (Å²) >= 11 is 0. The molecule has 0 bridgehead atoms. The van der Waals surface area contributed by atoms with E-state index in [1.807, 2.05) is 6.07 Å². The monoisotopic (exact) mass is 371 g/mol. The van der Waals surface area contributed by atoms with Gasteiger partial charge in [-0.05, 0) is 48.7 Å². The molecule has 1 aliphatic rings. The molecule has 1 aromatic heterocycles. The fraction of sp³-hybridized carbons (Fsp3) is 0.350. The highest BCUT2D eigenvalue weighted by Gasteiger charge is 2.27. The van der Waals surface area contributed by atoms with Gasteiger partial charge in [-0.2, -0.15) is 0 Å². The number of aromatic nitrogens is 1. The molecule has 0 atom stereocenters. The zero-order chi connectivity index (χ0) is 19.2. The van der Waals surface area contributed by atoms with Crippen molar-refractivity contribution in [2.45, 2.75) is 19.4 Å². The number of nitrogens with zero attached hydrogens (tertiary/aromatic N) is 2. The number of carbonyl (C=O) groups excluding carboxylic acids is 2. The van der Waals surface area contributed by atoms with Crippen molar-refractivity contribution < 1.29 is 18.7 Å². The van der Waals surface area contributed by atoms with Crippen LogP contribution < -0.4 is 10.1 Å². The summed E-state index contributed by atoms with van der Waals surface area (Å²) in [4.78, 5) is 30.6. The smallest absolute Gasteiger partial charge is 0.253 e. The lowest BCUT2D eigenvalue weighted by Crippen LogP contribution is -2.42. The van der Waals surface area contributed by atoms with Crippen molar-refractivity contribution in [1.29, 1.82) is 0 Å². The molecule has 1 aliphatic heterocycles. The number of amides is 2. The Bertz CT molecular complexity index is 802. The van der Waals surface area contributed by atoms with Gasteiger partial charge in [0, 0.05) is 43.4 Å². The first-order valence-corrected chi connectivity index (χ1v) is 8.88.